The number of hydrogen-bond acceptors (Lipinski definition) is 3. The van der Waals surface area contributed by atoms with Gasteiger partial charge >= 0.3 is 6.61 Å². The highest BCUT2D eigenvalue weighted by atomic mass is 19.3. The number of carbonyl (C=O) groups excluding carboxylic acids is 1. The monoisotopic (exact) mass is 354 g/mol. The fourth-order valence-electron chi connectivity index (χ4n) is 3.45. The maximum absolute atomic E-state index is 13.9. The minimum atomic E-state index is -3.10. The molecule has 0 aromatic heterocycles. The van der Waals surface area contributed by atoms with Gasteiger partial charge in [0.1, 0.15) is 6.04 Å². The molecule has 136 valence electrons. The van der Waals surface area contributed by atoms with Crippen LogP contribution in [-0.4, -0.2) is 43.1 Å². The van der Waals surface area contributed by atoms with Crippen LogP contribution in [0, 0.1) is 11.7 Å². The lowest BCUT2D eigenvalue weighted by Crippen LogP contribution is -2.43. The Balaban J connectivity index is 1.88. The van der Waals surface area contributed by atoms with Crippen molar-refractivity contribution in [3.05, 3.63) is 29.6 Å². The number of benzene rings is 1. The summed E-state index contributed by atoms with van der Waals surface area (Å²) in [4.78, 5) is 16.4. The van der Waals surface area contributed by atoms with E-state index in [1.165, 1.54) is 12.1 Å². The fraction of sp³-hybridized carbons (Fsp3) is 0.500. The minimum Gasteiger partial charge on any atom is -0.432 e. The summed E-state index contributed by atoms with van der Waals surface area (Å²) in [6.07, 6.45) is 4.22. The summed E-state index contributed by atoms with van der Waals surface area (Å²) in [6, 6.07) is 2.06. The lowest BCUT2D eigenvalue weighted by Gasteiger charge is -2.33. The minimum absolute atomic E-state index is 0.0237. The van der Waals surface area contributed by atoms with E-state index in [9.17, 15) is 18.0 Å². The van der Waals surface area contributed by atoms with Crippen molar-refractivity contribution in [2.75, 3.05) is 24.5 Å². The summed E-state index contributed by atoms with van der Waals surface area (Å²) in [5.74, 6) is -0.949. The molecule has 0 radical (unpaired) electrons. The average Bonchev–Trinajstić information content (AvgIpc) is 2.87. The van der Waals surface area contributed by atoms with Crippen molar-refractivity contribution in [1.82, 2.24) is 4.90 Å². The summed E-state index contributed by atoms with van der Waals surface area (Å²) in [6.45, 7) is 2.83. The first-order chi connectivity index (χ1) is 11.9. The van der Waals surface area contributed by atoms with Crippen molar-refractivity contribution in [2.24, 2.45) is 5.92 Å². The van der Waals surface area contributed by atoms with Gasteiger partial charge in [0.05, 0.1) is 0 Å². The number of anilines is 1. The SMILES string of the molecule is CC(C)CN1CC[C@H](N2CC=Cc3cc(F)c(OC(F)F)cc32)C1=O. The summed E-state index contributed by atoms with van der Waals surface area (Å²) in [5.41, 5.74) is 1.10. The third-order valence-corrected chi connectivity index (χ3v) is 4.44. The highest BCUT2D eigenvalue weighted by Gasteiger charge is 2.37. The molecule has 0 N–H and O–H groups in total. The van der Waals surface area contributed by atoms with E-state index in [1.54, 1.807) is 6.08 Å². The number of alkyl halides is 2. The molecule has 2 aliphatic heterocycles. The second-order valence-corrected chi connectivity index (χ2v) is 6.76. The lowest BCUT2D eigenvalue weighted by molar-refractivity contribution is -0.129. The molecule has 1 aromatic carbocycles. The molecule has 2 heterocycles. The molecule has 1 saturated heterocycles. The van der Waals surface area contributed by atoms with Crippen LogP contribution in [0.25, 0.3) is 6.08 Å². The van der Waals surface area contributed by atoms with Crippen molar-refractivity contribution in [1.29, 1.82) is 0 Å². The molecule has 3 rings (SSSR count). The number of nitrogens with zero attached hydrogens (tertiary/aromatic N) is 2. The van der Waals surface area contributed by atoms with Crippen LogP contribution in [0.15, 0.2) is 18.2 Å². The first-order valence-electron chi connectivity index (χ1n) is 8.37. The third-order valence-electron chi connectivity index (χ3n) is 4.44. The van der Waals surface area contributed by atoms with Gasteiger partial charge in [-0.15, -0.1) is 0 Å². The van der Waals surface area contributed by atoms with Crippen LogP contribution < -0.4 is 9.64 Å². The molecule has 0 spiro atoms. The predicted molar refractivity (Wildman–Crippen MR) is 89.2 cm³/mol. The van der Waals surface area contributed by atoms with E-state index in [-0.39, 0.29) is 11.9 Å². The molecule has 1 aromatic rings. The Kier molecular flexibility index (Phi) is 4.92. The van der Waals surface area contributed by atoms with E-state index in [0.717, 1.165) is 0 Å². The first kappa shape index (κ1) is 17.6. The summed E-state index contributed by atoms with van der Waals surface area (Å²) in [7, 11) is 0. The summed E-state index contributed by atoms with van der Waals surface area (Å²) < 4.78 is 43.2. The van der Waals surface area contributed by atoms with Crippen LogP contribution in [0.3, 0.4) is 0 Å². The van der Waals surface area contributed by atoms with E-state index in [4.69, 9.17) is 0 Å². The summed E-state index contributed by atoms with van der Waals surface area (Å²) >= 11 is 0. The maximum Gasteiger partial charge on any atom is 0.387 e. The van der Waals surface area contributed by atoms with Gasteiger partial charge in [0.25, 0.3) is 0 Å². The molecule has 1 atom stereocenters. The molecular formula is C18H21F3N2O2. The molecule has 0 saturated carbocycles. The van der Waals surface area contributed by atoms with Crippen LogP contribution in [0.4, 0.5) is 18.9 Å². The number of carbonyl (C=O) groups is 1. The van der Waals surface area contributed by atoms with Gasteiger partial charge in [-0.1, -0.05) is 26.0 Å². The van der Waals surface area contributed by atoms with Gasteiger partial charge in [-0.05, 0) is 18.4 Å². The lowest BCUT2D eigenvalue weighted by atomic mass is 10.0. The molecular weight excluding hydrogens is 333 g/mol. The van der Waals surface area contributed by atoms with Crippen LogP contribution in [0.2, 0.25) is 0 Å². The van der Waals surface area contributed by atoms with Gasteiger partial charge in [-0.25, -0.2) is 4.39 Å². The Morgan fingerprint density at radius 3 is 2.76 bits per heavy atom. The molecule has 0 unspecified atom stereocenters. The average molecular weight is 354 g/mol. The quantitative estimate of drug-likeness (QED) is 0.811. The molecule has 2 aliphatic rings. The van der Waals surface area contributed by atoms with Crippen LogP contribution >= 0.6 is 0 Å². The smallest absolute Gasteiger partial charge is 0.387 e. The van der Waals surface area contributed by atoms with Gasteiger partial charge in [0.15, 0.2) is 11.6 Å². The van der Waals surface area contributed by atoms with E-state index in [1.807, 2.05) is 15.9 Å². The fourth-order valence-corrected chi connectivity index (χ4v) is 3.45. The van der Waals surface area contributed by atoms with Gasteiger partial charge in [-0.2, -0.15) is 8.78 Å². The molecule has 1 fully saturated rings. The molecule has 0 bridgehead atoms. The number of amides is 1. The molecule has 25 heavy (non-hydrogen) atoms. The van der Waals surface area contributed by atoms with Gasteiger partial charge in [0, 0.05) is 37.0 Å². The molecule has 7 heteroatoms. The maximum atomic E-state index is 13.9. The van der Waals surface area contributed by atoms with Gasteiger partial charge < -0.3 is 14.5 Å². The van der Waals surface area contributed by atoms with E-state index in [0.29, 0.717) is 43.2 Å². The summed E-state index contributed by atoms with van der Waals surface area (Å²) in [5, 5.41) is 0. The number of rotatable bonds is 5. The first-order valence-corrected chi connectivity index (χ1v) is 8.37. The van der Waals surface area contributed by atoms with Crippen molar-refractivity contribution in [3.63, 3.8) is 0 Å². The Morgan fingerprint density at radius 2 is 2.08 bits per heavy atom. The third kappa shape index (κ3) is 3.60. The van der Waals surface area contributed by atoms with Crippen molar-refractivity contribution >= 4 is 17.7 Å². The normalized spacial score (nSPS) is 20.0. The number of halogens is 3. The highest BCUT2D eigenvalue weighted by Crippen LogP contribution is 2.36. The predicted octanol–water partition coefficient (Wildman–Crippen LogP) is 3.52. The second-order valence-electron chi connectivity index (χ2n) is 6.76. The number of fused-ring (bicyclic) bond motifs is 1. The van der Waals surface area contributed by atoms with Crippen LogP contribution in [0.1, 0.15) is 25.8 Å². The Labute approximate surface area is 144 Å². The number of likely N-dealkylation sites (tertiary alicyclic amines) is 1. The largest absolute Gasteiger partial charge is 0.432 e. The molecule has 4 nitrogen and oxygen atoms in total. The van der Waals surface area contributed by atoms with Crippen LogP contribution in [-0.2, 0) is 4.79 Å². The van der Waals surface area contributed by atoms with E-state index >= 15 is 0 Å². The van der Waals surface area contributed by atoms with Gasteiger partial charge in [0.2, 0.25) is 5.91 Å². The zero-order valence-electron chi connectivity index (χ0n) is 14.2. The topological polar surface area (TPSA) is 32.8 Å². The Hall–Kier alpha value is -2.18. The van der Waals surface area contributed by atoms with E-state index < -0.39 is 18.2 Å². The molecule has 1 amide bonds. The van der Waals surface area contributed by atoms with Crippen molar-refractivity contribution < 1.29 is 22.7 Å². The van der Waals surface area contributed by atoms with Gasteiger partial charge in [-0.3, -0.25) is 4.79 Å². The highest BCUT2D eigenvalue weighted by molar-refractivity contribution is 5.89. The molecule has 0 aliphatic carbocycles. The van der Waals surface area contributed by atoms with Crippen molar-refractivity contribution in [2.45, 2.75) is 32.9 Å². The van der Waals surface area contributed by atoms with E-state index in [2.05, 4.69) is 18.6 Å². The van der Waals surface area contributed by atoms with Crippen LogP contribution in [0.5, 0.6) is 5.75 Å². The zero-order chi connectivity index (χ0) is 18.1. The Bertz CT molecular complexity index is 691. The zero-order valence-corrected chi connectivity index (χ0v) is 14.2. The number of ether oxygens (including phenoxy) is 1. The number of hydrogen-bond donors (Lipinski definition) is 0. The van der Waals surface area contributed by atoms with Crippen molar-refractivity contribution in [3.8, 4) is 5.75 Å². The Morgan fingerprint density at radius 1 is 1.32 bits per heavy atom. The second kappa shape index (κ2) is 6.98. The standard InChI is InChI=1S/C18H21F3N2O2/c1-11(2)10-22-7-5-14(17(22)24)23-6-3-4-12-8-13(19)16(9-15(12)23)25-18(20)21/h3-4,8-9,11,14,18H,5-7,10H2,1-2H3/t14-/m0/s1.